The van der Waals surface area contributed by atoms with Crippen LogP contribution in [-0.2, 0) is 6.54 Å². The fourth-order valence-electron chi connectivity index (χ4n) is 2.73. The molecule has 6 nitrogen and oxygen atoms in total. The highest BCUT2D eigenvalue weighted by Crippen LogP contribution is 2.26. The summed E-state index contributed by atoms with van der Waals surface area (Å²) in [6.07, 6.45) is 2.80. The summed E-state index contributed by atoms with van der Waals surface area (Å²) in [6, 6.07) is 0.150. The molecule has 2 atom stereocenters. The lowest BCUT2D eigenvalue weighted by molar-refractivity contribution is 0.366. The highest BCUT2D eigenvalue weighted by Gasteiger charge is 2.25. The van der Waals surface area contributed by atoms with Gasteiger partial charge in [-0.15, -0.1) is 0 Å². The molecule has 7 heteroatoms. The van der Waals surface area contributed by atoms with Gasteiger partial charge in [0.2, 0.25) is 0 Å². The molecule has 0 amide bonds. The predicted octanol–water partition coefficient (Wildman–Crippen LogP) is 0.741. The monoisotopic (exact) mass is 357 g/mol. The largest absolute Gasteiger partial charge is 0.367 e. The first-order chi connectivity index (χ1) is 9.88. The van der Waals surface area contributed by atoms with E-state index in [0.717, 1.165) is 31.7 Å². The molecule has 2 heterocycles. The van der Waals surface area contributed by atoms with Gasteiger partial charge in [0.25, 0.3) is 5.56 Å². The van der Waals surface area contributed by atoms with Crippen LogP contribution in [0.2, 0.25) is 0 Å². The first kappa shape index (κ1) is 16.5. The van der Waals surface area contributed by atoms with Crippen LogP contribution in [0.25, 0.3) is 0 Å². The first-order valence-corrected chi connectivity index (χ1v) is 8.08. The maximum absolute atomic E-state index is 12.4. The number of nitrogens with zero attached hydrogens (tertiary/aromatic N) is 4. The van der Waals surface area contributed by atoms with Crippen LogP contribution in [0.1, 0.15) is 13.3 Å². The van der Waals surface area contributed by atoms with Gasteiger partial charge in [0.15, 0.2) is 0 Å². The van der Waals surface area contributed by atoms with E-state index in [-0.39, 0.29) is 11.6 Å². The van der Waals surface area contributed by atoms with Gasteiger partial charge < -0.3 is 15.5 Å². The summed E-state index contributed by atoms with van der Waals surface area (Å²) < 4.78 is 2.08. The van der Waals surface area contributed by atoms with Crippen molar-refractivity contribution in [2.75, 3.05) is 38.6 Å². The number of nitrogens with two attached hydrogens (primary N) is 1. The second kappa shape index (κ2) is 6.89. The number of hydrogen-bond acceptors (Lipinski definition) is 5. The Balaban J connectivity index is 2.22. The summed E-state index contributed by atoms with van der Waals surface area (Å²) in [5.74, 6) is 0.525. The SMILES string of the molecule is CC1CC(N)CN(c2cnn(CCN(C)C)c(=O)c2Br)C1. The normalized spacial score (nSPS) is 22.9. The van der Waals surface area contributed by atoms with Gasteiger partial charge in [-0.3, -0.25) is 4.79 Å². The van der Waals surface area contributed by atoms with Gasteiger partial charge in [-0.05, 0) is 42.4 Å². The fourth-order valence-corrected chi connectivity index (χ4v) is 3.29. The van der Waals surface area contributed by atoms with Crippen molar-refractivity contribution in [3.05, 3.63) is 21.0 Å². The Morgan fingerprint density at radius 2 is 2.19 bits per heavy atom. The van der Waals surface area contributed by atoms with Crippen molar-refractivity contribution in [1.82, 2.24) is 14.7 Å². The molecule has 118 valence electrons. The third-order valence-electron chi connectivity index (χ3n) is 3.76. The molecule has 0 aromatic carbocycles. The fraction of sp³-hybridized carbons (Fsp3) is 0.714. The average Bonchev–Trinajstić information content (AvgIpc) is 2.39. The van der Waals surface area contributed by atoms with Crippen LogP contribution in [-0.4, -0.2) is 54.5 Å². The van der Waals surface area contributed by atoms with Gasteiger partial charge in [0, 0.05) is 25.7 Å². The highest BCUT2D eigenvalue weighted by molar-refractivity contribution is 9.10. The lowest BCUT2D eigenvalue weighted by Gasteiger charge is -2.36. The van der Waals surface area contributed by atoms with E-state index in [1.165, 1.54) is 4.68 Å². The molecule has 1 saturated heterocycles. The molecule has 2 rings (SSSR count). The van der Waals surface area contributed by atoms with Crippen molar-refractivity contribution in [3.63, 3.8) is 0 Å². The molecular formula is C14H24BrN5O. The van der Waals surface area contributed by atoms with E-state index >= 15 is 0 Å². The Hall–Kier alpha value is -0.920. The van der Waals surface area contributed by atoms with Crippen molar-refractivity contribution < 1.29 is 0 Å². The summed E-state index contributed by atoms with van der Waals surface area (Å²) in [6.45, 7) is 5.23. The maximum Gasteiger partial charge on any atom is 0.283 e. The second-order valence-electron chi connectivity index (χ2n) is 6.18. The number of anilines is 1. The minimum absolute atomic E-state index is 0.0823. The quantitative estimate of drug-likeness (QED) is 0.860. The van der Waals surface area contributed by atoms with E-state index in [0.29, 0.717) is 16.9 Å². The minimum Gasteiger partial charge on any atom is -0.367 e. The molecule has 0 spiro atoms. The lowest BCUT2D eigenvalue weighted by atomic mass is 9.96. The molecule has 1 aliphatic rings. The zero-order valence-electron chi connectivity index (χ0n) is 12.9. The number of likely N-dealkylation sites (N-methyl/N-ethyl adjacent to an activating group) is 1. The molecule has 1 fully saturated rings. The van der Waals surface area contributed by atoms with Crippen LogP contribution in [0.15, 0.2) is 15.5 Å². The van der Waals surface area contributed by atoms with Crippen molar-refractivity contribution >= 4 is 21.6 Å². The Labute approximate surface area is 134 Å². The van der Waals surface area contributed by atoms with Gasteiger partial charge in [-0.25, -0.2) is 4.68 Å². The van der Waals surface area contributed by atoms with Crippen molar-refractivity contribution in [1.29, 1.82) is 0 Å². The third-order valence-corrected chi connectivity index (χ3v) is 4.50. The summed E-state index contributed by atoms with van der Waals surface area (Å²) in [4.78, 5) is 16.6. The van der Waals surface area contributed by atoms with E-state index < -0.39 is 0 Å². The molecule has 0 saturated carbocycles. The van der Waals surface area contributed by atoms with Gasteiger partial charge in [0.1, 0.15) is 4.47 Å². The number of rotatable bonds is 4. The molecule has 1 aliphatic heterocycles. The summed E-state index contributed by atoms with van der Waals surface area (Å²) >= 11 is 3.44. The standard InChI is InChI=1S/C14H24BrN5O/c1-10-6-11(16)9-19(8-10)12-7-17-20(5-4-18(2)3)14(21)13(12)15/h7,10-11H,4-6,8-9,16H2,1-3H3. The third kappa shape index (κ3) is 4.05. The predicted molar refractivity (Wildman–Crippen MR) is 88.7 cm³/mol. The molecule has 1 aromatic heterocycles. The smallest absolute Gasteiger partial charge is 0.283 e. The molecule has 2 unspecified atom stereocenters. The van der Waals surface area contributed by atoms with Crippen LogP contribution >= 0.6 is 15.9 Å². The molecule has 0 aliphatic carbocycles. The van der Waals surface area contributed by atoms with E-state index in [9.17, 15) is 4.79 Å². The van der Waals surface area contributed by atoms with Crippen molar-refractivity contribution in [2.24, 2.45) is 11.7 Å². The van der Waals surface area contributed by atoms with E-state index in [1.807, 2.05) is 19.0 Å². The Morgan fingerprint density at radius 3 is 2.81 bits per heavy atom. The highest BCUT2D eigenvalue weighted by atomic mass is 79.9. The summed E-state index contributed by atoms with van der Waals surface area (Å²) in [5.41, 5.74) is 6.85. The molecular weight excluding hydrogens is 334 g/mol. The molecule has 21 heavy (non-hydrogen) atoms. The zero-order chi connectivity index (χ0) is 15.6. The lowest BCUT2D eigenvalue weighted by Crippen LogP contribution is -2.47. The zero-order valence-corrected chi connectivity index (χ0v) is 14.5. The summed E-state index contributed by atoms with van der Waals surface area (Å²) in [7, 11) is 3.95. The Morgan fingerprint density at radius 1 is 1.48 bits per heavy atom. The Kier molecular flexibility index (Phi) is 5.40. The van der Waals surface area contributed by atoms with Crippen LogP contribution in [0.4, 0.5) is 5.69 Å². The van der Waals surface area contributed by atoms with E-state index in [1.54, 1.807) is 6.20 Å². The molecule has 2 N–H and O–H groups in total. The van der Waals surface area contributed by atoms with Gasteiger partial charge in [-0.1, -0.05) is 6.92 Å². The molecule has 0 radical (unpaired) electrons. The summed E-state index contributed by atoms with van der Waals surface area (Å²) in [5, 5.41) is 4.30. The topological polar surface area (TPSA) is 67.4 Å². The van der Waals surface area contributed by atoms with Crippen LogP contribution in [0, 0.1) is 5.92 Å². The first-order valence-electron chi connectivity index (χ1n) is 7.29. The average molecular weight is 358 g/mol. The second-order valence-corrected chi connectivity index (χ2v) is 6.97. The van der Waals surface area contributed by atoms with Gasteiger partial charge in [0.05, 0.1) is 18.4 Å². The van der Waals surface area contributed by atoms with Crippen LogP contribution < -0.4 is 16.2 Å². The molecule has 0 bridgehead atoms. The van der Waals surface area contributed by atoms with Crippen LogP contribution in [0.5, 0.6) is 0 Å². The molecule has 1 aromatic rings. The maximum atomic E-state index is 12.4. The van der Waals surface area contributed by atoms with E-state index in [4.69, 9.17) is 5.73 Å². The van der Waals surface area contributed by atoms with Gasteiger partial charge in [-0.2, -0.15) is 5.10 Å². The minimum atomic E-state index is -0.0823. The van der Waals surface area contributed by atoms with Crippen molar-refractivity contribution in [3.8, 4) is 0 Å². The number of aromatic nitrogens is 2. The number of piperidine rings is 1. The van der Waals surface area contributed by atoms with Crippen LogP contribution in [0.3, 0.4) is 0 Å². The number of hydrogen-bond donors (Lipinski definition) is 1. The number of halogens is 1. The van der Waals surface area contributed by atoms with Crippen molar-refractivity contribution in [2.45, 2.75) is 25.9 Å². The van der Waals surface area contributed by atoms with E-state index in [2.05, 4.69) is 32.9 Å². The Bertz CT molecular complexity index is 535. The van der Waals surface area contributed by atoms with Gasteiger partial charge >= 0.3 is 0 Å².